The number of nitrogens with two attached hydrogens (primary N) is 1. The third-order valence-electron chi connectivity index (χ3n) is 3.80. The lowest BCUT2D eigenvalue weighted by atomic mass is 10.0. The molecule has 2 N–H and O–H groups in total. The van der Waals surface area contributed by atoms with Crippen LogP contribution in [-0.4, -0.2) is 60.1 Å². The second kappa shape index (κ2) is 5.60. The maximum absolute atomic E-state index is 11.8. The van der Waals surface area contributed by atoms with Crippen LogP contribution in [0.3, 0.4) is 0 Å². The van der Waals surface area contributed by atoms with Crippen LogP contribution in [0.2, 0.25) is 0 Å². The molecule has 0 aliphatic carbocycles. The second-order valence-electron chi connectivity index (χ2n) is 6.90. The standard InChI is InChI=1S/C14H25N3O3/c1-14(2,3)20-13(19)17-7-10(8-17)6-16-5-4-11(9-16)12(15)18/h10-11H,4-9H2,1-3H3,(H2,15,18). The van der Waals surface area contributed by atoms with Crippen LogP contribution in [0.25, 0.3) is 0 Å². The molecule has 114 valence electrons. The second-order valence-corrected chi connectivity index (χ2v) is 6.90. The van der Waals surface area contributed by atoms with E-state index in [0.29, 0.717) is 5.92 Å². The monoisotopic (exact) mass is 283 g/mol. The fraction of sp³-hybridized carbons (Fsp3) is 0.857. The van der Waals surface area contributed by atoms with Gasteiger partial charge in [0.2, 0.25) is 5.91 Å². The highest BCUT2D eigenvalue weighted by Crippen LogP contribution is 2.23. The first-order valence-electron chi connectivity index (χ1n) is 7.24. The molecule has 1 unspecified atom stereocenters. The summed E-state index contributed by atoms with van der Waals surface area (Å²) in [4.78, 5) is 26.9. The van der Waals surface area contributed by atoms with E-state index in [4.69, 9.17) is 10.5 Å². The van der Waals surface area contributed by atoms with Crippen molar-refractivity contribution in [3.8, 4) is 0 Å². The third-order valence-corrected chi connectivity index (χ3v) is 3.80. The van der Waals surface area contributed by atoms with Gasteiger partial charge in [-0.25, -0.2) is 4.79 Å². The number of ether oxygens (including phenoxy) is 1. The summed E-state index contributed by atoms with van der Waals surface area (Å²) in [5, 5.41) is 0. The zero-order valence-electron chi connectivity index (χ0n) is 12.6. The van der Waals surface area contributed by atoms with Crippen LogP contribution < -0.4 is 5.73 Å². The van der Waals surface area contributed by atoms with Crippen molar-refractivity contribution in [2.75, 3.05) is 32.7 Å². The van der Waals surface area contributed by atoms with Gasteiger partial charge in [-0.2, -0.15) is 0 Å². The molecule has 0 aromatic rings. The number of nitrogens with zero attached hydrogens (tertiary/aromatic N) is 2. The molecule has 2 aliphatic heterocycles. The number of rotatable bonds is 3. The molecule has 2 aliphatic rings. The minimum absolute atomic E-state index is 0.00274. The summed E-state index contributed by atoms with van der Waals surface area (Å²) in [6.45, 7) is 9.72. The lowest BCUT2D eigenvalue weighted by Gasteiger charge is -2.41. The number of hydrogen-bond acceptors (Lipinski definition) is 4. The number of carbonyl (C=O) groups excluding carboxylic acids is 2. The van der Waals surface area contributed by atoms with Crippen molar-refractivity contribution in [1.29, 1.82) is 0 Å². The van der Waals surface area contributed by atoms with E-state index in [0.717, 1.165) is 39.1 Å². The summed E-state index contributed by atoms with van der Waals surface area (Å²) in [6, 6.07) is 0. The summed E-state index contributed by atoms with van der Waals surface area (Å²) in [5.74, 6) is 0.280. The Morgan fingerprint density at radius 3 is 2.40 bits per heavy atom. The molecule has 0 saturated carbocycles. The highest BCUT2D eigenvalue weighted by Gasteiger charge is 2.36. The topological polar surface area (TPSA) is 75.9 Å². The first kappa shape index (κ1) is 15.1. The third kappa shape index (κ3) is 3.85. The molecule has 2 heterocycles. The molecule has 0 bridgehead atoms. The van der Waals surface area contributed by atoms with Crippen molar-refractivity contribution in [1.82, 2.24) is 9.80 Å². The first-order chi connectivity index (χ1) is 9.24. The number of primary amides is 1. The predicted octanol–water partition coefficient (Wildman–Crippen LogP) is 0.661. The van der Waals surface area contributed by atoms with Gasteiger partial charge in [-0.05, 0) is 33.7 Å². The van der Waals surface area contributed by atoms with E-state index in [1.165, 1.54) is 0 Å². The van der Waals surface area contributed by atoms with E-state index in [1.807, 2.05) is 20.8 Å². The quantitative estimate of drug-likeness (QED) is 0.825. The normalized spacial score (nSPS) is 24.6. The minimum atomic E-state index is -0.439. The Morgan fingerprint density at radius 2 is 1.90 bits per heavy atom. The van der Waals surface area contributed by atoms with Crippen LogP contribution in [0, 0.1) is 11.8 Å². The molecule has 20 heavy (non-hydrogen) atoms. The Labute approximate surface area is 120 Å². The fourth-order valence-electron chi connectivity index (χ4n) is 2.76. The van der Waals surface area contributed by atoms with Crippen LogP contribution in [-0.2, 0) is 9.53 Å². The Bertz CT molecular complexity index is 386. The van der Waals surface area contributed by atoms with Gasteiger partial charge in [-0.3, -0.25) is 4.79 Å². The molecule has 6 nitrogen and oxygen atoms in total. The summed E-state index contributed by atoms with van der Waals surface area (Å²) in [7, 11) is 0. The van der Waals surface area contributed by atoms with Gasteiger partial charge in [-0.15, -0.1) is 0 Å². The Hall–Kier alpha value is -1.30. The molecule has 2 saturated heterocycles. The smallest absolute Gasteiger partial charge is 0.410 e. The van der Waals surface area contributed by atoms with E-state index in [-0.39, 0.29) is 17.9 Å². The molecule has 0 spiro atoms. The van der Waals surface area contributed by atoms with Gasteiger partial charge in [0.1, 0.15) is 5.60 Å². The van der Waals surface area contributed by atoms with Gasteiger partial charge < -0.3 is 20.3 Å². The number of likely N-dealkylation sites (tertiary alicyclic amines) is 2. The molecule has 2 fully saturated rings. The van der Waals surface area contributed by atoms with E-state index < -0.39 is 5.60 Å². The summed E-state index contributed by atoms with van der Waals surface area (Å²) in [5.41, 5.74) is 4.88. The van der Waals surface area contributed by atoms with Gasteiger partial charge in [0.25, 0.3) is 0 Å². The number of hydrogen-bond donors (Lipinski definition) is 1. The first-order valence-corrected chi connectivity index (χ1v) is 7.24. The molecule has 0 radical (unpaired) electrons. The van der Waals surface area contributed by atoms with Gasteiger partial charge in [0, 0.05) is 32.1 Å². The summed E-state index contributed by atoms with van der Waals surface area (Å²) in [6.07, 6.45) is 0.628. The number of amides is 2. The number of carbonyl (C=O) groups is 2. The average molecular weight is 283 g/mol. The predicted molar refractivity (Wildman–Crippen MR) is 75.0 cm³/mol. The molecule has 0 aromatic carbocycles. The van der Waals surface area contributed by atoms with Crippen molar-refractivity contribution in [3.63, 3.8) is 0 Å². The maximum atomic E-state index is 11.8. The molecule has 6 heteroatoms. The van der Waals surface area contributed by atoms with Crippen molar-refractivity contribution in [2.24, 2.45) is 17.6 Å². The van der Waals surface area contributed by atoms with Gasteiger partial charge in [0.15, 0.2) is 0 Å². The lowest BCUT2D eigenvalue weighted by Crippen LogP contribution is -2.54. The van der Waals surface area contributed by atoms with Crippen molar-refractivity contribution in [2.45, 2.75) is 32.8 Å². The van der Waals surface area contributed by atoms with E-state index in [1.54, 1.807) is 4.90 Å². The van der Waals surface area contributed by atoms with Gasteiger partial charge in [-0.1, -0.05) is 0 Å². The summed E-state index contributed by atoms with van der Waals surface area (Å²) < 4.78 is 5.32. The fourth-order valence-corrected chi connectivity index (χ4v) is 2.76. The molecular formula is C14H25N3O3. The molecule has 2 amide bonds. The van der Waals surface area contributed by atoms with E-state index >= 15 is 0 Å². The Kier molecular flexibility index (Phi) is 4.22. The van der Waals surface area contributed by atoms with Crippen molar-refractivity contribution < 1.29 is 14.3 Å². The van der Waals surface area contributed by atoms with Crippen LogP contribution in [0.15, 0.2) is 0 Å². The molecular weight excluding hydrogens is 258 g/mol. The van der Waals surface area contributed by atoms with E-state index in [9.17, 15) is 9.59 Å². The van der Waals surface area contributed by atoms with Crippen LogP contribution in [0.5, 0.6) is 0 Å². The van der Waals surface area contributed by atoms with Crippen molar-refractivity contribution >= 4 is 12.0 Å². The lowest BCUT2D eigenvalue weighted by molar-refractivity contribution is -0.121. The molecule has 2 rings (SSSR count). The highest BCUT2D eigenvalue weighted by atomic mass is 16.6. The average Bonchev–Trinajstić information content (AvgIpc) is 2.68. The largest absolute Gasteiger partial charge is 0.444 e. The minimum Gasteiger partial charge on any atom is -0.444 e. The summed E-state index contributed by atoms with van der Waals surface area (Å²) >= 11 is 0. The highest BCUT2D eigenvalue weighted by molar-refractivity contribution is 5.77. The van der Waals surface area contributed by atoms with Gasteiger partial charge >= 0.3 is 6.09 Å². The Balaban J connectivity index is 1.67. The van der Waals surface area contributed by atoms with Crippen LogP contribution in [0.1, 0.15) is 27.2 Å². The SMILES string of the molecule is CC(C)(C)OC(=O)N1CC(CN2CCC(C(N)=O)C2)C1. The zero-order chi connectivity index (χ0) is 14.9. The Morgan fingerprint density at radius 1 is 1.25 bits per heavy atom. The van der Waals surface area contributed by atoms with Gasteiger partial charge in [0.05, 0.1) is 5.92 Å². The maximum Gasteiger partial charge on any atom is 0.410 e. The van der Waals surface area contributed by atoms with Crippen LogP contribution >= 0.6 is 0 Å². The van der Waals surface area contributed by atoms with E-state index in [2.05, 4.69) is 4.90 Å². The van der Waals surface area contributed by atoms with Crippen molar-refractivity contribution in [3.05, 3.63) is 0 Å². The zero-order valence-corrected chi connectivity index (χ0v) is 12.6. The van der Waals surface area contributed by atoms with Crippen LogP contribution in [0.4, 0.5) is 4.79 Å². The molecule has 0 aromatic heterocycles. The molecule has 1 atom stereocenters.